The Balaban J connectivity index is 1.42. The topological polar surface area (TPSA) is 81.5 Å². The molecule has 0 spiro atoms. The van der Waals surface area contributed by atoms with Crippen molar-refractivity contribution in [3.63, 3.8) is 0 Å². The number of nitrogens with one attached hydrogen (secondary N) is 1. The zero-order valence-electron chi connectivity index (χ0n) is 15.0. The largest absolute Gasteiger partial charge is 0.396 e. The Morgan fingerprint density at radius 3 is 2.66 bits per heavy atom. The van der Waals surface area contributed by atoms with Gasteiger partial charge in [-0.1, -0.05) is 6.07 Å². The van der Waals surface area contributed by atoms with E-state index < -0.39 is 18.0 Å². The third-order valence-electron chi connectivity index (χ3n) is 4.97. The van der Waals surface area contributed by atoms with Gasteiger partial charge in [0.05, 0.1) is 36.4 Å². The highest BCUT2D eigenvalue weighted by molar-refractivity contribution is 5.75. The molecule has 0 unspecified atom stereocenters. The maximum absolute atomic E-state index is 13.5. The van der Waals surface area contributed by atoms with Gasteiger partial charge >= 0.3 is 6.18 Å². The average Bonchev–Trinajstić information content (AvgIpc) is 3.30. The number of hydrogen-bond donors (Lipinski definition) is 1. The first-order chi connectivity index (χ1) is 14.0. The van der Waals surface area contributed by atoms with Crippen molar-refractivity contribution < 1.29 is 17.9 Å². The Hall–Kier alpha value is -3.27. The molecule has 5 heterocycles. The first kappa shape index (κ1) is 17.8. The maximum Gasteiger partial charge on any atom is 0.396 e. The molecule has 148 valence electrons. The molecule has 0 aromatic carbocycles. The van der Waals surface area contributed by atoms with Crippen LogP contribution in [0.15, 0.2) is 49.1 Å². The van der Waals surface area contributed by atoms with Crippen LogP contribution in [-0.2, 0) is 4.74 Å². The predicted molar refractivity (Wildman–Crippen MR) is 97.3 cm³/mol. The smallest absolute Gasteiger partial charge is 0.381 e. The van der Waals surface area contributed by atoms with Crippen molar-refractivity contribution in [3.05, 3.63) is 54.6 Å². The number of alkyl halides is 3. The SMILES string of the molecule is FC(F)(F)[C@H](c1ccc(-n2cc(-c3nc4ncccc4[nH]3)cn2)nc1)C1COC1. The molecular formula is C19H15F3N6O. The van der Waals surface area contributed by atoms with Crippen LogP contribution in [0.4, 0.5) is 13.2 Å². The van der Waals surface area contributed by atoms with Gasteiger partial charge in [-0.2, -0.15) is 18.3 Å². The number of aromatic nitrogens is 6. The van der Waals surface area contributed by atoms with Crippen molar-refractivity contribution >= 4 is 11.2 Å². The molecule has 1 N–H and O–H groups in total. The van der Waals surface area contributed by atoms with Gasteiger partial charge in [0.2, 0.25) is 0 Å². The van der Waals surface area contributed by atoms with E-state index in [1.165, 1.54) is 23.0 Å². The Labute approximate surface area is 162 Å². The summed E-state index contributed by atoms with van der Waals surface area (Å²) in [6, 6.07) is 6.66. The van der Waals surface area contributed by atoms with Crippen LogP contribution in [-0.4, -0.2) is 49.1 Å². The average molecular weight is 400 g/mol. The zero-order chi connectivity index (χ0) is 20.0. The number of rotatable bonds is 4. The molecular weight excluding hydrogens is 385 g/mol. The lowest BCUT2D eigenvalue weighted by atomic mass is 9.85. The van der Waals surface area contributed by atoms with Crippen LogP contribution in [0.1, 0.15) is 11.5 Å². The molecule has 1 saturated heterocycles. The maximum atomic E-state index is 13.5. The molecule has 10 heteroatoms. The zero-order valence-corrected chi connectivity index (χ0v) is 15.0. The summed E-state index contributed by atoms with van der Waals surface area (Å²) in [5.41, 5.74) is 2.24. The van der Waals surface area contributed by atoms with Gasteiger partial charge in [0.1, 0.15) is 5.82 Å². The van der Waals surface area contributed by atoms with Gasteiger partial charge in [0.15, 0.2) is 11.5 Å². The third-order valence-corrected chi connectivity index (χ3v) is 4.97. The fraction of sp³-hybridized carbons (Fsp3) is 0.263. The molecule has 5 rings (SSSR count). The van der Waals surface area contributed by atoms with Crippen molar-refractivity contribution in [1.82, 2.24) is 29.7 Å². The van der Waals surface area contributed by atoms with E-state index in [0.717, 1.165) is 5.52 Å². The molecule has 1 aliphatic rings. The number of ether oxygens (including phenoxy) is 1. The molecule has 0 radical (unpaired) electrons. The predicted octanol–water partition coefficient (Wildman–Crippen LogP) is 3.50. The van der Waals surface area contributed by atoms with Gasteiger partial charge in [-0.3, -0.25) is 0 Å². The molecule has 1 atom stereocenters. The number of hydrogen-bond acceptors (Lipinski definition) is 5. The first-order valence-electron chi connectivity index (χ1n) is 8.95. The first-order valence-corrected chi connectivity index (χ1v) is 8.95. The Bertz CT molecular complexity index is 1110. The minimum atomic E-state index is -4.34. The van der Waals surface area contributed by atoms with E-state index in [1.807, 2.05) is 12.1 Å². The normalized spacial score (nSPS) is 16.1. The van der Waals surface area contributed by atoms with Gasteiger partial charge in [0, 0.05) is 24.5 Å². The Kier molecular flexibility index (Phi) is 4.09. The molecule has 4 aromatic heterocycles. The molecule has 7 nitrogen and oxygen atoms in total. The van der Waals surface area contributed by atoms with Gasteiger partial charge < -0.3 is 9.72 Å². The fourth-order valence-electron chi connectivity index (χ4n) is 3.44. The van der Waals surface area contributed by atoms with Crippen LogP contribution >= 0.6 is 0 Å². The van der Waals surface area contributed by atoms with Crippen LogP contribution in [0.25, 0.3) is 28.4 Å². The number of nitrogens with zero attached hydrogens (tertiary/aromatic N) is 5. The fourth-order valence-corrected chi connectivity index (χ4v) is 3.44. The van der Waals surface area contributed by atoms with Crippen LogP contribution in [0.2, 0.25) is 0 Å². The summed E-state index contributed by atoms with van der Waals surface area (Å²) < 4.78 is 46.8. The minimum Gasteiger partial charge on any atom is -0.381 e. The lowest BCUT2D eigenvalue weighted by Gasteiger charge is -2.35. The van der Waals surface area contributed by atoms with Crippen LogP contribution in [0.3, 0.4) is 0 Å². The quantitative estimate of drug-likeness (QED) is 0.567. The Morgan fingerprint density at radius 1 is 1.14 bits per heavy atom. The van der Waals surface area contributed by atoms with Crippen molar-refractivity contribution in [3.8, 4) is 17.2 Å². The summed E-state index contributed by atoms with van der Waals surface area (Å²) in [6.45, 7) is 0.224. The third kappa shape index (κ3) is 3.25. The number of halogens is 3. The lowest BCUT2D eigenvalue weighted by molar-refractivity contribution is -0.191. The van der Waals surface area contributed by atoms with E-state index in [1.54, 1.807) is 18.6 Å². The highest BCUT2D eigenvalue weighted by Crippen LogP contribution is 2.43. The van der Waals surface area contributed by atoms with Gasteiger partial charge in [0.25, 0.3) is 0 Å². The molecule has 1 aliphatic heterocycles. The monoisotopic (exact) mass is 400 g/mol. The summed E-state index contributed by atoms with van der Waals surface area (Å²) >= 11 is 0. The van der Waals surface area contributed by atoms with Crippen LogP contribution in [0, 0.1) is 5.92 Å². The molecule has 4 aromatic rings. The second-order valence-corrected chi connectivity index (χ2v) is 6.90. The van der Waals surface area contributed by atoms with Gasteiger partial charge in [-0.05, 0) is 23.8 Å². The van der Waals surface area contributed by atoms with E-state index in [0.29, 0.717) is 22.9 Å². The molecule has 29 heavy (non-hydrogen) atoms. The number of imidazole rings is 1. The molecule has 0 saturated carbocycles. The van der Waals surface area contributed by atoms with Crippen molar-refractivity contribution in [2.24, 2.45) is 5.92 Å². The highest BCUT2D eigenvalue weighted by atomic mass is 19.4. The standard InChI is InChI=1S/C19H15F3N6O/c20-19(21,22)16(13-9-29-10-13)11-3-4-15(24-6-11)28-8-12(7-25-28)17-26-14-2-1-5-23-18(14)27-17/h1-8,13,16H,9-10H2,(H,23,26,27)/t16-/m1/s1. The summed E-state index contributed by atoms with van der Waals surface area (Å²) in [5, 5.41) is 4.25. The van der Waals surface area contributed by atoms with Gasteiger partial charge in [-0.25, -0.2) is 19.6 Å². The molecule has 0 amide bonds. The van der Waals surface area contributed by atoms with Crippen molar-refractivity contribution in [2.75, 3.05) is 13.2 Å². The second-order valence-electron chi connectivity index (χ2n) is 6.90. The highest BCUT2D eigenvalue weighted by Gasteiger charge is 2.48. The van der Waals surface area contributed by atoms with E-state index in [2.05, 4.69) is 25.0 Å². The van der Waals surface area contributed by atoms with E-state index in [-0.39, 0.29) is 18.8 Å². The molecule has 1 fully saturated rings. The van der Waals surface area contributed by atoms with Crippen molar-refractivity contribution in [2.45, 2.75) is 12.1 Å². The summed E-state index contributed by atoms with van der Waals surface area (Å²) in [5.74, 6) is -1.13. The number of pyridine rings is 2. The summed E-state index contributed by atoms with van der Waals surface area (Å²) in [4.78, 5) is 15.9. The second kappa shape index (κ2) is 6.66. The lowest BCUT2D eigenvalue weighted by Crippen LogP contribution is -2.40. The van der Waals surface area contributed by atoms with Gasteiger partial charge in [-0.15, -0.1) is 0 Å². The minimum absolute atomic E-state index is 0.112. The van der Waals surface area contributed by atoms with E-state index >= 15 is 0 Å². The van der Waals surface area contributed by atoms with E-state index in [4.69, 9.17) is 4.74 Å². The molecule has 0 aliphatic carbocycles. The number of fused-ring (bicyclic) bond motifs is 1. The number of aromatic amines is 1. The van der Waals surface area contributed by atoms with E-state index in [9.17, 15) is 13.2 Å². The number of H-pyrrole nitrogens is 1. The van der Waals surface area contributed by atoms with Crippen molar-refractivity contribution in [1.29, 1.82) is 0 Å². The van der Waals surface area contributed by atoms with Crippen LogP contribution < -0.4 is 0 Å². The summed E-state index contributed by atoms with van der Waals surface area (Å²) in [6.07, 6.45) is 1.90. The van der Waals surface area contributed by atoms with Crippen LogP contribution in [0.5, 0.6) is 0 Å². The molecule has 0 bridgehead atoms. The Morgan fingerprint density at radius 2 is 2.00 bits per heavy atom. The summed E-state index contributed by atoms with van der Waals surface area (Å²) in [7, 11) is 0.